The van der Waals surface area contributed by atoms with Gasteiger partial charge in [-0.1, -0.05) is 0 Å². The highest BCUT2D eigenvalue weighted by Crippen LogP contribution is 2.30. The predicted octanol–water partition coefficient (Wildman–Crippen LogP) is 2.55. The van der Waals surface area contributed by atoms with Gasteiger partial charge in [0.05, 0.1) is 16.9 Å². The van der Waals surface area contributed by atoms with Crippen molar-refractivity contribution in [2.45, 2.75) is 25.8 Å². The Hall–Kier alpha value is -2.24. The molecule has 1 fully saturated rings. The molecule has 1 aromatic heterocycles. The van der Waals surface area contributed by atoms with Crippen molar-refractivity contribution in [2.75, 3.05) is 5.32 Å². The molecule has 19 heavy (non-hydrogen) atoms. The summed E-state index contributed by atoms with van der Waals surface area (Å²) in [5.41, 5.74) is 2.25. The fourth-order valence-corrected chi connectivity index (χ4v) is 1.98. The second-order valence-electron chi connectivity index (χ2n) is 4.73. The molecule has 0 spiro atoms. The van der Waals surface area contributed by atoms with Crippen LogP contribution in [0.25, 0.3) is 10.9 Å². The number of nitrogens with one attached hydrogen (secondary N) is 1. The first kappa shape index (κ1) is 11.8. The average Bonchev–Trinajstić information content (AvgIpc) is 3.21. The van der Waals surface area contributed by atoms with Gasteiger partial charge >= 0.3 is 5.97 Å². The largest absolute Gasteiger partial charge is 0.380 e. The van der Waals surface area contributed by atoms with E-state index >= 15 is 0 Å². The van der Waals surface area contributed by atoms with Crippen molar-refractivity contribution in [2.24, 2.45) is 0 Å². The maximum absolute atomic E-state index is 12.1. The van der Waals surface area contributed by atoms with Crippen molar-refractivity contribution in [3.05, 3.63) is 29.5 Å². The van der Waals surface area contributed by atoms with Crippen LogP contribution in [0.15, 0.2) is 18.2 Å². The molecule has 1 aliphatic rings. The maximum Gasteiger partial charge on any atom is 0.379 e. The Labute approximate surface area is 108 Å². The highest BCUT2D eigenvalue weighted by molar-refractivity contribution is 5.99. The summed E-state index contributed by atoms with van der Waals surface area (Å²) in [5.74, 6) is -1.00. The van der Waals surface area contributed by atoms with Gasteiger partial charge in [-0.15, -0.1) is 5.10 Å². The molecule has 0 bridgehead atoms. The Morgan fingerprint density at radius 1 is 1.37 bits per heavy atom. The topological polar surface area (TPSA) is 64.1 Å². The van der Waals surface area contributed by atoms with Crippen LogP contribution in [0.1, 0.15) is 28.9 Å². The van der Waals surface area contributed by atoms with Crippen molar-refractivity contribution in [3.8, 4) is 0 Å². The lowest BCUT2D eigenvalue weighted by Gasteiger charge is -2.09. The molecule has 2 aromatic rings. The van der Waals surface area contributed by atoms with Crippen LogP contribution < -0.4 is 5.32 Å². The average molecular weight is 261 g/mol. The van der Waals surface area contributed by atoms with E-state index in [0.29, 0.717) is 17.2 Å². The summed E-state index contributed by atoms with van der Waals surface area (Å²) in [6.45, 7) is 1.81. The monoisotopic (exact) mass is 261 g/mol. The molecule has 0 radical (unpaired) electrons. The molecule has 6 heteroatoms. The van der Waals surface area contributed by atoms with Crippen molar-refractivity contribution in [1.82, 2.24) is 10.2 Å². The summed E-state index contributed by atoms with van der Waals surface area (Å²) < 4.78 is 12.1. The van der Waals surface area contributed by atoms with Gasteiger partial charge < -0.3 is 5.32 Å². The Balaban J connectivity index is 2.15. The van der Waals surface area contributed by atoms with Crippen molar-refractivity contribution in [3.63, 3.8) is 0 Å². The summed E-state index contributed by atoms with van der Waals surface area (Å²) in [6, 6.07) is 5.29. The lowest BCUT2D eigenvalue weighted by molar-refractivity contribution is -0.0787. The second kappa shape index (κ2) is 4.46. The van der Waals surface area contributed by atoms with E-state index < -0.39 is 5.97 Å². The van der Waals surface area contributed by atoms with Crippen molar-refractivity contribution >= 4 is 22.6 Å². The standard InChI is InChI=1S/C13H12FN3O2/c1-7-4-8-5-9(13(18)19-14)6-11(12(8)17-16-7)15-10-2-3-10/h4-6,10,15H,2-3H2,1H3. The lowest BCUT2D eigenvalue weighted by Crippen LogP contribution is -2.06. The molecule has 1 saturated carbocycles. The number of carbonyl (C=O) groups is 1. The van der Waals surface area contributed by atoms with E-state index in [0.717, 1.165) is 23.9 Å². The number of benzene rings is 1. The van der Waals surface area contributed by atoms with Crippen LogP contribution in [-0.2, 0) is 4.94 Å². The molecule has 0 saturated heterocycles. The van der Waals surface area contributed by atoms with Crippen LogP contribution in [0.2, 0.25) is 0 Å². The van der Waals surface area contributed by atoms with Crippen LogP contribution in [0.4, 0.5) is 10.2 Å². The maximum atomic E-state index is 12.1. The Morgan fingerprint density at radius 2 is 2.16 bits per heavy atom. The van der Waals surface area contributed by atoms with Gasteiger partial charge in [-0.3, -0.25) is 0 Å². The first-order chi connectivity index (χ1) is 9.17. The molecular weight excluding hydrogens is 249 g/mol. The number of rotatable bonds is 3. The van der Waals surface area contributed by atoms with Gasteiger partial charge in [0.1, 0.15) is 5.52 Å². The van der Waals surface area contributed by atoms with Crippen molar-refractivity contribution in [1.29, 1.82) is 0 Å². The predicted molar refractivity (Wildman–Crippen MR) is 67.4 cm³/mol. The first-order valence-corrected chi connectivity index (χ1v) is 6.05. The van der Waals surface area contributed by atoms with E-state index in [2.05, 4.69) is 20.5 Å². The number of halogens is 1. The zero-order valence-electron chi connectivity index (χ0n) is 10.3. The SMILES string of the molecule is Cc1cc2cc(C(=O)OF)cc(NC3CC3)c2nn1. The molecule has 3 rings (SSSR count). The van der Waals surface area contributed by atoms with Gasteiger partial charge in [0, 0.05) is 16.0 Å². The smallest absolute Gasteiger partial charge is 0.379 e. The zero-order valence-corrected chi connectivity index (χ0v) is 10.3. The van der Waals surface area contributed by atoms with Crippen LogP contribution in [0.5, 0.6) is 0 Å². The number of anilines is 1. The quantitative estimate of drug-likeness (QED) is 0.919. The van der Waals surface area contributed by atoms with Gasteiger partial charge in [0.15, 0.2) is 0 Å². The van der Waals surface area contributed by atoms with E-state index in [4.69, 9.17) is 0 Å². The summed E-state index contributed by atoms with van der Waals surface area (Å²) in [7, 11) is 0. The lowest BCUT2D eigenvalue weighted by atomic mass is 10.1. The third kappa shape index (κ3) is 2.33. The molecule has 0 atom stereocenters. The summed E-state index contributed by atoms with van der Waals surface area (Å²) >= 11 is 0. The van der Waals surface area contributed by atoms with E-state index in [1.165, 1.54) is 0 Å². The fourth-order valence-electron chi connectivity index (χ4n) is 1.98. The number of aromatic nitrogens is 2. The van der Waals surface area contributed by atoms with E-state index in [9.17, 15) is 9.32 Å². The number of hydrogen-bond acceptors (Lipinski definition) is 5. The van der Waals surface area contributed by atoms with Gasteiger partial charge in [-0.05, 0) is 38.0 Å². The van der Waals surface area contributed by atoms with Crippen LogP contribution in [-0.4, -0.2) is 22.2 Å². The molecule has 1 heterocycles. The Bertz CT molecular complexity index is 656. The Morgan fingerprint density at radius 3 is 2.84 bits per heavy atom. The number of nitrogens with zero attached hydrogens (tertiary/aromatic N) is 2. The van der Waals surface area contributed by atoms with E-state index in [1.807, 2.05) is 0 Å². The summed E-state index contributed by atoms with van der Waals surface area (Å²) in [6.07, 6.45) is 2.16. The van der Waals surface area contributed by atoms with Crippen molar-refractivity contribution < 1.29 is 14.3 Å². The number of aryl methyl sites for hydroxylation is 1. The number of carbonyl (C=O) groups excluding carboxylic acids is 1. The molecule has 1 aromatic carbocycles. The van der Waals surface area contributed by atoms with E-state index in [1.54, 1.807) is 25.1 Å². The van der Waals surface area contributed by atoms with Crippen LogP contribution in [0.3, 0.4) is 0 Å². The highest BCUT2D eigenvalue weighted by Gasteiger charge is 2.23. The minimum absolute atomic E-state index is 0.158. The van der Waals surface area contributed by atoms with Gasteiger partial charge in [-0.2, -0.15) is 5.10 Å². The summed E-state index contributed by atoms with van der Waals surface area (Å²) in [5, 5.41) is 12.1. The van der Waals surface area contributed by atoms with Crippen LogP contribution in [0, 0.1) is 6.92 Å². The molecule has 1 aliphatic carbocycles. The second-order valence-corrected chi connectivity index (χ2v) is 4.73. The van der Waals surface area contributed by atoms with Gasteiger partial charge in [0.25, 0.3) is 0 Å². The highest BCUT2D eigenvalue weighted by atomic mass is 19.3. The molecule has 0 unspecified atom stereocenters. The normalized spacial score (nSPS) is 14.4. The van der Waals surface area contributed by atoms with Gasteiger partial charge in [-0.25, -0.2) is 9.74 Å². The Kier molecular flexibility index (Phi) is 2.77. The molecule has 1 N–H and O–H groups in total. The third-order valence-corrected chi connectivity index (χ3v) is 3.05. The van der Waals surface area contributed by atoms with E-state index in [-0.39, 0.29) is 5.56 Å². The van der Waals surface area contributed by atoms with Gasteiger partial charge in [0.2, 0.25) is 0 Å². The number of hydrogen-bond donors (Lipinski definition) is 1. The first-order valence-electron chi connectivity index (χ1n) is 6.05. The molecule has 98 valence electrons. The summed E-state index contributed by atoms with van der Waals surface area (Å²) in [4.78, 5) is 14.6. The molecular formula is C13H12FN3O2. The molecule has 0 aliphatic heterocycles. The van der Waals surface area contributed by atoms with Crippen LogP contribution >= 0.6 is 0 Å². The third-order valence-electron chi connectivity index (χ3n) is 3.05. The molecule has 0 amide bonds. The molecule has 5 nitrogen and oxygen atoms in total. The number of fused-ring (bicyclic) bond motifs is 1. The zero-order chi connectivity index (χ0) is 13.4. The fraction of sp³-hybridized carbons (Fsp3) is 0.308. The minimum Gasteiger partial charge on any atom is -0.380 e. The minimum atomic E-state index is -1.00.